The predicted molar refractivity (Wildman–Crippen MR) is 126 cm³/mol. The van der Waals surface area contributed by atoms with E-state index in [4.69, 9.17) is 11.6 Å². The maximum absolute atomic E-state index is 13.1. The first-order chi connectivity index (χ1) is 14.9. The summed E-state index contributed by atoms with van der Waals surface area (Å²) >= 11 is 6.29. The lowest BCUT2D eigenvalue weighted by atomic mass is 10.1. The molecule has 0 radical (unpaired) electrons. The second kappa shape index (κ2) is 10.5. The first kappa shape index (κ1) is 22.8. The van der Waals surface area contributed by atoms with Gasteiger partial charge >= 0.3 is 5.97 Å². The van der Waals surface area contributed by atoms with Crippen LogP contribution in [0, 0.1) is 0 Å². The number of benzene rings is 2. The fourth-order valence-corrected chi connectivity index (χ4v) is 3.85. The van der Waals surface area contributed by atoms with Gasteiger partial charge in [-0.05, 0) is 56.8 Å². The molecular formula is C24H28ClN3O3. The monoisotopic (exact) mass is 441 g/mol. The van der Waals surface area contributed by atoms with Gasteiger partial charge in [-0.1, -0.05) is 29.8 Å². The first-order valence-electron chi connectivity index (χ1n) is 10.3. The number of ether oxygens (including phenoxy) is 1. The number of likely N-dealkylation sites (N-methyl/N-ethyl adjacent to an activating group) is 1. The molecule has 3 rings (SSSR count). The lowest BCUT2D eigenvalue weighted by Crippen LogP contribution is -2.25. The topological polar surface area (TPSA) is 53.1 Å². The summed E-state index contributed by atoms with van der Waals surface area (Å²) in [6.07, 6.45) is 5.15. The van der Waals surface area contributed by atoms with Crippen LogP contribution in [-0.2, 0) is 9.53 Å². The summed E-state index contributed by atoms with van der Waals surface area (Å²) in [5.41, 5.74) is 3.36. The Hall–Kier alpha value is -2.83. The highest BCUT2D eigenvalue weighted by atomic mass is 35.5. The molecule has 2 aromatic carbocycles. The normalized spacial score (nSPS) is 13.4. The largest absolute Gasteiger partial charge is 0.466 e. The summed E-state index contributed by atoms with van der Waals surface area (Å²) in [7, 11) is 5.19. The van der Waals surface area contributed by atoms with E-state index in [9.17, 15) is 9.59 Å². The molecule has 6 nitrogen and oxygen atoms in total. The van der Waals surface area contributed by atoms with Crippen LogP contribution in [0.1, 0.15) is 23.2 Å². The van der Waals surface area contributed by atoms with Gasteiger partial charge in [-0.15, -0.1) is 0 Å². The van der Waals surface area contributed by atoms with Crippen molar-refractivity contribution >= 4 is 40.5 Å². The van der Waals surface area contributed by atoms with Crippen molar-refractivity contribution in [3.8, 4) is 0 Å². The summed E-state index contributed by atoms with van der Waals surface area (Å²) in [6, 6.07) is 13.4. The fraction of sp³-hybridized carbons (Fsp3) is 0.333. The summed E-state index contributed by atoms with van der Waals surface area (Å²) in [6.45, 7) is 2.33. The fourth-order valence-electron chi connectivity index (χ4n) is 3.69. The molecule has 1 aliphatic heterocycles. The zero-order valence-electron chi connectivity index (χ0n) is 18.2. The molecule has 1 amide bonds. The van der Waals surface area contributed by atoms with Gasteiger partial charge in [0.1, 0.15) is 0 Å². The molecule has 0 atom stereocenters. The van der Waals surface area contributed by atoms with Crippen LogP contribution in [-0.4, -0.2) is 57.6 Å². The Balaban J connectivity index is 1.72. The summed E-state index contributed by atoms with van der Waals surface area (Å²) in [5.74, 6) is -0.385. The smallest absolute Gasteiger partial charge is 0.330 e. The van der Waals surface area contributed by atoms with Crippen molar-refractivity contribution < 1.29 is 14.3 Å². The Labute approximate surface area is 188 Å². The zero-order chi connectivity index (χ0) is 22.4. The lowest BCUT2D eigenvalue weighted by Gasteiger charge is -2.27. The number of carbonyl (C=O) groups is 2. The van der Waals surface area contributed by atoms with E-state index < -0.39 is 0 Å². The minimum absolute atomic E-state index is 0.0428. The molecule has 31 heavy (non-hydrogen) atoms. The second-order valence-corrected chi connectivity index (χ2v) is 8.00. The van der Waals surface area contributed by atoms with Crippen molar-refractivity contribution in [3.05, 3.63) is 65.2 Å². The van der Waals surface area contributed by atoms with Crippen LogP contribution >= 0.6 is 11.6 Å². The van der Waals surface area contributed by atoms with Gasteiger partial charge in [0.2, 0.25) is 0 Å². The number of hydrogen-bond acceptors (Lipinski definition) is 5. The van der Waals surface area contributed by atoms with Crippen LogP contribution in [0.4, 0.5) is 17.1 Å². The first-order valence-corrected chi connectivity index (χ1v) is 10.7. The Bertz CT molecular complexity index is 976. The highest BCUT2D eigenvalue weighted by Gasteiger charge is 2.28. The van der Waals surface area contributed by atoms with Crippen molar-refractivity contribution in [1.82, 2.24) is 4.90 Å². The lowest BCUT2D eigenvalue weighted by molar-refractivity contribution is -0.134. The van der Waals surface area contributed by atoms with Gasteiger partial charge < -0.3 is 19.4 Å². The van der Waals surface area contributed by atoms with Gasteiger partial charge in [0.15, 0.2) is 0 Å². The highest BCUT2D eigenvalue weighted by Crippen LogP contribution is 2.41. The molecule has 164 valence electrons. The van der Waals surface area contributed by atoms with E-state index in [1.807, 2.05) is 37.4 Å². The SMILES string of the molecule is COC(=O)/C=C/CN(C)CCCCN1c2cc(Cl)ccc2C(=O)N(C)c2ccccc21. The van der Waals surface area contributed by atoms with Crippen LogP contribution in [0.25, 0.3) is 0 Å². The molecule has 0 bridgehead atoms. The van der Waals surface area contributed by atoms with E-state index in [0.717, 1.165) is 43.0 Å². The molecule has 0 spiro atoms. The molecule has 0 fully saturated rings. The van der Waals surface area contributed by atoms with Crippen molar-refractivity contribution in [2.24, 2.45) is 0 Å². The van der Waals surface area contributed by atoms with Gasteiger partial charge in [-0.2, -0.15) is 0 Å². The molecule has 0 aromatic heterocycles. The average molecular weight is 442 g/mol. The molecule has 0 saturated heterocycles. The van der Waals surface area contributed by atoms with Crippen LogP contribution in [0.2, 0.25) is 5.02 Å². The number of unbranched alkanes of at least 4 members (excludes halogenated alkanes) is 1. The maximum Gasteiger partial charge on any atom is 0.330 e. The van der Waals surface area contributed by atoms with Crippen LogP contribution in [0.3, 0.4) is 0 Å². The minimum atomic E-state index is -0.343. The number of nitrogens with zero attached hydrogens (tertiary/aromatic N) is 3. The Kier molecular flexibility index (Phi) is 7.71. The number of para-hydroxylation sites is 2. The minimum Gasteiger partial charge on any atom is -0.466 e. The molecule has 0 saturated carbocycles. The standard InChI is InChI=1S/C24H28ClN3O3/c1-26(15-8-11-23(29)31-3)14-6-7-16-28-21-10-5-4-9-20(21)27(2)24(30)19-13-12-18(25)17-22(19)28/h4-5,8-13,17H,6-7,14-16H2,1-3H3/b11-8+. The molecule has 1 aliphatic rings. The number of anilines is 3. The zero-order valence-corrected chi connectivity index (χ0v) is 18.9. The van der Waals surface area contributed by atoms with Crippen LogP contribution < -0.4 is 9.80 Å². The van der Waals surface area contributed by atoms with Gasteiger partial charge in [-0.3, -0.25) is 4.79 Å². The van der Waals surface area contributed by atoms with E-state index >= 15 is 0 Å². The third-order valence-electron chi connectivity index (χ3n) is 5.36. The van der Waals surface area contributed by atoms with E-state index in [1.165, 1.54) is 13.2 Å². The number of esters is 1. The molecule has 0 unspecified atom stereocenters. The molecule has 1 heterocycles. The summed E-state index contributed by atoms with van der Waals surface area (Å²) in [4.78, 5) is 30.3. The number of amides is 1. The Morgan fingerprint density at radius 1 is 1.13 bits per heavy atom. The number of rotatable bonds is 8. The molecular weight excluding hydrogens is 414 g/mol. The average Bonchev–Trinajstić information content (AvgIpc) is 2.85. The van der Waals surface area contributed by atoms with Crippen LogP contribution in [0.5, 0.6) is 0 Å². The number of carbonyl (C=O) groups excluding carboxylic acids is 2. The van der Waals surface area contributed by atoms with Gasteiger partial charge in [0, 0.05) is 31.2 Å². The predicted octanol–water partition coefficient (Wildman–Crippen LogP) is 4.51. The highest BCUT2D eigenvalue weighted by molar-refractivity contribution is 6.31. The third-order valence-corrected chi connectivity index (χ3v) is 5.60. The van der Waals surface area contributed by atoms with Crippen molar-refractivity contribution in [2.45, 2.75) is 12.8 Å². The molecule has 0 N–H and O–H groups in total. The maximum atomic E-state index is 13.1. The van der Waals surface area contributed by atoms with E-state index in [-0.39, 0.29) is 11.9 Å². The molecule has 0 aliphatic carbocycles. The van der Waals surface area contributed by atoms with Crippen LogP contribution in [0.15, 0.2) is 54.6 Å². The molecule has 7 heteroatoms. The van der Waals surface area contributed by atoms with Crippen molar-refractivity contribution in [1.29, 1.82) is 0 Å². The second-order valence-electron chi connectivity index (χ2n) is 7.56. The van der Waals surface area contributed by atoms with Crippen molar-refractivity contribution in [3.63, 3.8) is 0 Å². The van der Waals surface area contributed by atoms with Gasteiger partial charge in [0.25, 0.3) is 5.91 Å². The van der Waals surface area contributed by atoms with Gasteiger partial charge in [0.05, 0.1) is 29.7 Å². The number of fused-ring (bicyclic) bond motifs is 2. The molecule has 2 aromatic rings. The van der Waals surface area contributed by atoms with E-state index in [2.05, 4.69) is 14.5 Å². The van der Waals surface area contributed by atoms with E-state index in [1.54, 1.807) is 30.2 Å². The Morgan fingerprint density at radius 3 is 2.61 bits per heavy atom. The quantitative estimate of drug-likeness (QED) is 0.343. The Morgan fingerprint density at radius 2 is 1.87 bits per heavy atom. The summed E-state index contributed by atoms with van der Waals surface area (Å²) < 4.78 is 4.60. The van der Waals surface area contributed by atoms with Gasteiger partial charge in [-0.25, -0.2) is 4.79 Å². The van der Waals surface area contributed by atoms with Crippen molar-refractivity contribution in [2.75, 3.05) is 50.6 Å². The van der Waals surface area contributed by atoms with E-state index in [0.29, 0.717) is 17.1 Å². The summed E-state index contributed by atoms with van der Waals surface area (Å²) in [5, 5.41) is 0.607. The number of halogens is 1. The third kappa shape index (κ3) is 5.46. The number of hydrogen-bond donors (Lipinski definition) is 0. The number of methoxy groups -OCH3 is 1.